The molecule has 0 bridgehead atoms. The van der Waals surface area contributed by atoms with Crippen LogP contribution in [0.3, 0.4) is 0 Å². The van der Waals surface area contributed by atoms with Gasteiger partial charge in [0.15, 0.2) is 14.6 Å². The quantitative estimate of drug-likeness (QED) is 0.164. The van der Waals surface area contributed by atoms with Gasteiger partial charge < -0.3 is 11.5 Å². The summed E-state index contributed by atoms with van der Waals surface area (Å²) >= 11 is 0. The molecule has 0 aliphatic heterocycles. The predicted octanol–water partition coefficient (Wildman–Crippen LogP) is 6.00. The van der Waals surface area contributed by atoms with Gasteiger partial charge in [-0.05, 0) is 93.1 Å². The van der Waals surface area contributed by atoms with Crippen LogP contribution in [0.5, 0.6) is 0 Å². The Kier molecular flexibility index (Phi) is 8.74. The van der Waals surface area contributed by atoms with E-state index in [1.54, 1.807) is 48.5 Å². The molecule has 4 aromatic rings. The number of benzene rings is 4. The van der Waals surface area contributed by atoms with Crippen LogP contribution in [0, 0.1) is 23.3 Å². The molecular formula is C30H26B2F4N2. The van der Waals surface area contributed by atoms with Crippen molar-refractivity contribution in [2.45, 2.75) is 12.6 Å². The highest BCUT2D eigenvalue weighted by Gasteiger charge is 2.15. The minimum absolute atomic E-state index is 0.413. The maximum atomic E-state index is 14.0. The summed E-state index contributed by atoms with van der Waals surface area (Å²) in [7, 11) is 0.926. The van der Waals surface area contributed by atoms with Gasteiger partial charge in [0.1, 0.15) is 23.3 Å². The lowest BCUT2D eigenvalue weighted by atomic mass is 9.57. The van der Waals surface area contributed by atoms with E-state index in [-0.39, 0.29) is 0 Å². The van der Waals surface area contributed by atoms with Crippen LogP contribution in [-0.2, 0) is 0 Å². The molecule has 0 amide bonds. The minimum atomic E-state index is -0.413. The SMILES string of the molecule is NC(BCCBC(N)=C(c1cccc(F)c1)c1cccc(F)c1)=C(c1cccc(F)c1)c1cccc(F)c1. The van der Waals surface area contributed by atoms with Crippen LogP contribution in [-0.4, -0.2) is 14.6 Å². The molecule has 0 aromatic heterocycles. The van der Waals surface area contributed by atoms with Gasteiger partial charge in [0, 0.05) is 0 Å². The Morgan fingerprint density at radius 3 is 0.974 bits per heavy atom. The summed E-state index contributed by atoms with van der Waals surface area (Å²) in [5, 5.41) is 0. The fraction of sp³-hybridized carbons (Fsp3) is 0.0667. The Bertz CT molecular complexity index is 1290. The fourth-order valence-electron chi connectivity index (χ4n) is 4.53. The monoisotopic (exact) mass is 512 g/mol. The van der Waals surface area contributed by atoms with Gasteiger partial charge in [0.25, 0.3) is 0 Å². The number of rotatable bonds is 9. The molecule has 0 aliphatic rings. The van der Waals surface area contributed by atoms with Crippen molar-refractivity contribution in [2.75, 3.05) is 0 Å². The second kappa shape index (κ2) is 12.4. The van der Waals surface area contributed by atoms with E-state index in [0.717, 1.165) is 0 Å². The third kappa shape index (κ3) is 6.76. The first-order chi connectivity index (χ1) is 18.3. The maximum absolute atomic E-state index is 14.0. The zero-order valence-electron chi connectivity index (χ0n) is 20.7. The van der Waals surface area contributed by atoms with Crippen LogP contribution in [0.4, 0.5) is 17.6 Å². The molecule has 4 N–H and O–H groups in total. The highest BCUT2D eigenvalue weighted by Crippen LogP contribution is 2.28. The second-order valence-corrected chi connectivity index (χ2v) is 9.05. The van der Waals surface area contributed by atoms with E-state index in [1.807, 2.05) is 0 Å². The van der Waals surface area contributed by atoms with Gasteiger partial charge in [-0.2, -0.15) is 0 Å². The number of nitrogens with two attached hydrogens (primary N) is 2. The Labute approximate surface area is 221 Å². The molecule has 8 heteroatoms. The molecule has 38 heavy (non-hydrogen) atoms. The molecular weight excluding hydrogens is 486 g/mol. The van der Waals surface area contributed by atoms with Gasteiger partial charge in [-0.1, -0.05) is 61.2 Å². The molecule has 0 saturated heterocycles. The van der Waals surface area contributed by atoms with Crippen LogP contribution in [0.15, 0.2) is 108 Å². The molecule has 2 nitrogen and oxygen atoms in total. The molecule has 0 fully saturated rings. The Balaban J connectivity index is 1.58. The molecule has 4 rings (SSSR count). The van der Waals surface area contributed by atoms with Crippen LogP contribution in [0.1, 0.15) is 22.3 Å². The van der Waals surface area contributed by atoms with Crippen molar-refractivity contribution in [1.82, 2.24) is 0 Å². The summed E-state index contributed by atoms with van der Waals surface area (Å²) < 4.78 is 55.9. The maximum Gasteiger partial charge on any atom is 0.178 e. The topological polar surface area (TPSA) is 52.0 Å². The van der Waals surface area contributed by atoms with Gasteiger partial charge in [0.2, 0.25) is 0 Å². The Hall–Kier alpha value is -4.19. The summed E-state index contributed by atoms with van der Waals surface area (Å²) in [4.78, 5) is 0. The lowest BCUT2D eigenvalue weighted by Gasteiger charge is -2.15. The van der Waals surface area contributed by atoms with Gasteiger partial charge in [-0.25, -0.2) is 17.6 Å². The van der Waals surface area contributed by atoms with Crippen LogP contribution in [0.2, 0.25) is 12.6 Å². The molecule has 0 heterocycles. The average molecular weight is 512 g/mol. The molecule has 0 radical (unpaired) electrons. The lowest BCUT2D eigenvalue weighted by molar-refractivity contribution is 0.626. The minimum Gasteiger partial charge on any atom is -0.409 e. The van der Waals surface area contributed by atoms with Gasteiger partial charge in [-0.3, -0.25) is 0 Å². The van der Waals surface area contributed by atoms with Crippen molar-refractivity contribution < 1.29 is 17.6 Å². The van der Waals surface area contributed by atoms with E-state index < -0.39 is 23.3 Å². The second-order valence-electron chi connectivity index (χ2n) is 9.05. The van der Waals surface area contributed by atoms with Crippen LogP contribution < -0.4 is 11.5 Å². The van der Waals surface area contributed by atoms with Crippen molar-refractivity contribution in [1.29, 1.82) is 0 Å². The van der Waals surface area contributed by atoms with E-state index in [9.17, 15) is 17.6 Å². The highest BCUT2D eigenvalue weighted by molar-refractivity contribution is 6.53. The summed E-state index contributed by atoms with van der Waals surface area (Å²) in [5.41, 5.74) is 17.4. The van der Waals surface area contributed by atoms with Crippen molar-refractivity contribution >= 4 is 25.7 Å². The van der Waals surface area contributed by atoms with Gasteiger partial charge in [-0.15, -0.1) is 0 Å². The first kappa shape index (κ1) is 26.9. The molecule has 4 aromatic carbocycles. The summed E-state index contributed by atoms with van der Waals surface area (Å²) in [6.45, 7) is 0. The van der Waals surface area contributed by atoms with E-state index in [1.165, 1.54) is 48.5 Å². The number of halogens is 4. The van der Waals surface area contributed by atoms with Crippen molar-refractivity contribution in [2.24, 2.45) is 11.5 Å². The summed E-state index contributed by atoms with van der Waals surface area (Å²) in [5.74, 6) is -1.65. The van der Waals surface area contributed by atoms with Crippen molar-refractivity contribution in [3.05, 3.63) is 154 Å². The first-order valence-electron chi connectivity index (χ1n) is 12.3. The van der Waals surface area contributed by atoms with Crippen molar-refractivity contribution in [3.63, 3.8) is 0 Å². The standard InChI is InChI=1S/C30H26B2F4N2/c33-23-9-1-5-19(15-23)27(20-6-2-10-24(34)16-20)29(37)31-13-14-32-30(38)28(21-7-3-11-25(35)17-21)22-8-4-12-26(36)18-22/h1-12,15-18,31-32H,13-14,37-38H2. The smallest absolute Gasteiger partial charge is 0.178 e. The van der Waals surface area contributed by atoms with Crippen molar-refractivity contribution in [3.8, 4) is 0 Å². The van der Waals surface area contributed by atoms with E-state index in [4.69, 9.17) is 11.5 Å². The lowest BCUT2D eigenvalue weighted by Crippen LogP contribution is -2.15. The fourth-order valence-corrected chi connectivity index (χ4v) is 4.53. The Morgan fingerprint density at radius 2 is 0.737 bits per heavy atom. The predicted molar refractivity (Wildman–Crippen MR) is 150 cm³/mol. The average Bonchev–Trinajstić information content (AvgIpc) is 2.87. The molecule has 0 unspecified atom stereocenters. The first-order valence-corrected chi connectivity index (χ1v) is 12.3. The normalized spacial score (nSPS) is 10.5. The summed E-state index contributed by atoms with van der Waals surface area (Å²) in [6, 6.07) is 24.1. The largest absolute Gasteiger partial charge is 0.409 e. The number of hydrogen-bond donors (Lipinski definition) is 2. The van der Waals surface area contributed by atoms with Gasteiger partial charge >= 0.3 is 0 Å². The molecule has 0 aliphatic carbocycles. The number of hydrogen-bond acceptors (Lipinski definition) is 2. The Morgan fingerprint density at radius 1 is 0.474 bits per heavy atom. The van der Waals surface area contributed by atoms with E-state index in [2.05, 4.69) is 0 Å². The highest BCUT2D eigenvalue weighted by atomic mass is 19.1. The van der Waals surface area contributed by atoms with Gasteiger partial charge in [0.05, 0.1) is 0 Å². The van der Waals surface area contributed by atoms with E-state index in [0.29, 0.717) is 71.8 Å². The summed E-state index contributed by atoms with van der Waals surface area (Å²) in [6.07, 6.45) is 1.28. The molecule has 0 atom stereocenters. The van der Waals surface area contributed by atoms with E-state index >= 15 is 0 Å². The van der Waals surface area contributed by atoms with Crippen LogP contribution in [0.25, 0.3) is 11.1 Å². The zero-order chi connectivity index (χ0) is 27.1. The molecule has 190 valence electrons. The molecule has 0 saturated carbocycles. The van der Waals surface area contributed by atoms with Crippen LogP contribution >= 0.6 is 0 Å². The molecule has 0 spiro atoms. The third-order valence-electron chi connectivity index (χ3n) is 6.24. The third-order valence-corrected chi connectivity index (χ3v) is 6.24. The zero-order valence-corrected chi connectivity index (χ0v) is 20.7.